The van der Waals surface area contributed by atoms with Gasteiger partial charge in [-0.3, -0.25) is 19.9 Å². The molecule has 8 nitrogen and oxygen atoms in total. The number of carbonyl (C=O) groups excluding carboxylic acids is 2. The maximum absolute atomic E-state index is 13.1. The largest absolute Gasteiger partial charge is 0.367 e. The number of nitrogens with zero attached hydrogens (tertiary/aromatic N) is 3. The SMILES string of the molecule is CC(=O)NC(=N)C1CN(C(C)c2cnc(NCC3(Cl)C[N@]3C)c(C)c2)C(=O)C12C=C2. The van der Waals surface area contributed by atoms with Gasteiger partial charge in [-0.1, -0.05) is 23.8 Å². The Labute approximate surface area is 181 Å². The van der Waals surface area contributed by atoms with E-state index >= 15 is 0 Å². The number of hydrogen-bond donors (Lipinski definition) is 3. The molecule has 160 valence electrons. The smallest absolute Gasteiger partial charge is 0.237 e. The first kappa shape index (κ1) is 20.8. The minimum Gasteiger partial charge on any atom is -0.367 e. The van der Waals surface area contributed by atoms with Crippen molar-refractivity contribution < 1.29 is 9.59 Å². The van der Waals surface area contributed by atoms with E-state index in [0.29, 0.717) is 13.1 Å². The molecule has 0 bridgehead atoms. The standard InChI is InChI=1S/C21H27ClN6O2/c1-12-7-15(8-24-18(12)25-10-21(22)11-27(21)4)13(2)28-9-16(17(23)26-14(3)29)20(5-6-20)19(28)30/h5-8,13,16H,9-11H2,1-4H3,(H,24,25)(H2,23,26,29)/t13?,16?,21?,27-/m0/s1. The molecule has 3 aliphatic rings. The third-order valence-electron chi connectivity index (χ3n) is 6.41. The van der Waals surface area contributed by atoms with E-state index in [4.69, 9.17) is 17.0 Å². The quantitative estimate of drug-likeness (QED) is 0.160. The number of rotatable bonds is 6. The van der Waals surface area contributed by atoms with Crippen molar-refractivity contribution in [1.82, 2.24) is 20.1 Å². The van der Waals surface area contributed by atoms with E-state index in [1.165, 1.54) is 6.92 Å². The molecule has 2 amide bonds. The highest BCUT2D eigenvalue weighted by molar-refractivity contribution is 6.26. The number of aryl methyl sites for hydroxylation is 1. The number of hydrogen-bond acceptors (Lipinski definition) is 6. The van der Waals surface area contributed by atoms with Gasteiger partial charge >= 0.3 is 0 Å². The second-order valence-electron chi connectivity index (χ2n) is 8.61. The van der Waals surface area contributed by atoms with Crippen LogP contribution in [0.5, 0.6) is 0 Å². The third-order valence-corrected chi connectivity index (χ3v) is 6.95. The predicted octanol–water partition coefficient (Wildman–Crippen LogP) is 1.87. The summed E-state index contributed by atoms with van der Waals surface area (Å²) in [5.74, 6) is 0.167. The van der Waals surface area contributed by atoms with Crippen LogP contribution in [-0.4, -0.2) is 64.1 Å². The molecule has 4 atom stereocenters. The van der Waals surface area contributed by atoms with Gasteiger partial charge in [0.2, 0.25) is 11.8 Å². The molecule has 2 saturated heterocycles. The van der Waals surface area contributed by atoms with Gasteiger partial charge in [0.05, 0.1) is 17.4 Å². The Balaban J connectivity index is 1.47. The molecule has 1 spiro atoms. The number of halogens is 1. The molecule has 1 aromatic heterocycles. The van der Waals surface area contributed by atoms with E-state index in [9.17, 15) is 9.59 Å². The summed E-state index contributed by atoms with van der Waals surface area (Å²) >= 11 is 6.43. The van der Waals surface area contributed by atoms with Crippen LogP contribution in [0.4, 0.5) is 5.82 Å². The molecule has 3 N–H and O–H groups in total. The van der Waals surface area contributed by atoms with Gasteiger partial charge in [0.25, 0.3) is 0 Å². The average molecular weight is 431 g/mol. The number of likely N-dealkylation sites (tertiary alicyclic amines) is 1. The van der Waals surface area contributed by atoms with Crippen molar-refractivity contribution in [3.05, 3.63) is 35.5 Å². The first-order valence-electron chi connectivity index (χ1n) is 10.1. The van der Waals surface area contributed by atoms with Crippen LogP contribution in [0.1, 0.15) is 31.0 Å². The van der Waals surface area contributed by atoms with Crippen LogP contribution in [-0.2, 0) is 9.59 Å². The van der Waals surface area contributed by atoms with Crippen molar-refractivity contribution in [2.24, 2.45) is 11.3 Å². The zero-order valence-electron chi connectivity index (χ0n) is 17.6. The highest BCUT2D eigenvalue weighted by Crippen LogP contribution is 2.51. The number of amidine groups is 1. The number of carbonyl (C=O) groups is 2. The minimum atomic E-state index is -0.761. The second-order valence-corrected chi connectivity index (χ2v) is 9.31. The molecule has 3 heterocycles. The van der Waals surface area contributed by atoms with Gasteiger partial charge in [0.15, 0.2) is 0 Å². The lowest BCUT2D eigenvalue weighted by molar-refractivity contribution is -0.133. The molecule has 1 aliphatic carbocycles. The van der Waals surface area contributed by atoms with Crippen molar-refractivity contribution in [2.75, 3.05) is 32.0 Å². The first-order chi connectivity index (χ1) is 14.1. The number of pyridine rings is 1. The fourth-order valence-electron chi connectivity index (χ4n) is 4.16. The average Bonchev–Trinajstić information content (AvgIpc) is 3.55. The first-order valence-corrected chi connectivity index (χ1v) is 10.4. The van der Waals surface area contributed by atoms with Crippen LogP contribution in [0.25, 0.3) is 0 Å². The van der Waals surface area contributed by atoms with Crippen LogP contribution >= 0.6 is 11.6 Å². The maximum Gasteiger partial charge on any atom is 0.237 e. The van der Waals surface area contributed by atoms with Gasteiger partial charge in [-0.15, -0.1) is 0 Å². The van der Waals surface area contributed by atoms with E-state index in [-0.39, 0.29) is 34.6 Å². The number of aromatic nitrogens is 1. The van der Waals surface area contributed by atoms with Crippen molar-refractivity contribution in [3.63, 3.8) is 0 Å². The number of anilines is 1. The van der Waals surface area contributed by atoms with Gasteiger partial charge in [0.1, 0.15) is 16.7 Å². The highest BCUT2D eigenvalue weighted by atomic mass is 35.5. The Bertz CT molecular complexity index is 957. The van der Waals surface area contributed by atoms with E-state index in [2.05, 4.69) is 20.5 Å². The van der Waals surface area contributed by atoms with Crippen molar-refractivity contribution in [1.29, 1.82) is 5.41 Å². The van der Waals surface area contributed by atoms with Gasteiger partial charge in [0, 0.05) is 32.8 Å². The number of amides is 2. The van der Waals surface area contributed by atoms with Crippen LogP contribution in [0, 0.1) is 23.7 Å². The van der Waals surface area contributed by atoms with E-state index in [1.807, 2.05) is 39.1 Å². The van der Waals surface area contributed by atoms with E-state index in [1.54, 1.807) is 11.1 Å². The lowest BCUT2D eigenvalue weighted by Crippen LogP contribution is -2.38. The fourth-order valence-corrected chi connectivity index (χ4v) is 4.41. The molecule has 30 heavy (non-hydrogen) atoms. The zero-order valence-corrected chi connectivity index (χ0v) is 18.4. The molecular weight excluding hydrogens is 404 g/mol. The molecule has 1 aromatic rings. The Hall–Kier alpha value is -2.45. The van der Waals surface area contributed by atoms with Crippen molar-refractivity contribution >= 4 is 35.1 Å². The number of alkyl halides is 1. The maximum atomic E-state index is 13.1. The lowest BCUT2D eigenvalue weighted by Gasteiger charge is -2.26. The Kier molecular flexibility index (Phi) is 4.90. The fraction of sp³-hybridized carbons (Fsp3) is 0.524. The number of likely N-dealkylation sites (N-methyl/N-ethyl adjacent to an activating group) is 1. The Morgan fingerprint density at radius 2 is 2.13 bits per heavy atom. The molecular formula is C21H27ClN6O2. The van der Waals surface area contributed by atoms with Gasteiger partial charge < -0.3 is 15.5 Å². The summed E-state index contributed by atoms with van der Waals surface area (Å²) < 4.78 is 0. The molecule has 3 unspecified atom stereocenters. The Morgan fingerprint density at radius 3 is 2.67 bits per heavy atom. The molecule has 4 rings (SSSR count). The molecule has 2 aliphatic heterocycles. The summed E-state index contributed by atoms with van der Waals surface area (Å²) in [6.07, 6.45) is 5.44. The van der Waals surface area contributed by atoms with Crippen LogP contribution in [0.3, 0.4) is 0 Å². The van der Waals surface area contributed by atoms with E-state index < -0.39 is 5.41 Å². The summed E-state index contributed by atoms with van der Waals surface area (Å²) in [5.41, 5.74) is 1.15. The van der Waals surface area contributed by atoms with Gasteiger partial charge in [-0.05, 0) is 38.1 Å². The molecule has 0 radical (unpaired) electrons. The lowest BCUT2D eigenvalue weighted by atomic mass is 9.89. The normalized spacial score (nSPS) is 29.1. The summed E-state index contributed by atoms with van der Waals surface area (Å²) in [5, 5.41) is 14.1. The van der Waals surface area contributed by atoms with Gasteiger partial charge in [-0.2, -0.15) is 0 Å². The molecule has 2 fully saturated rings. The van der Waals surface area contributed by atoms with Crippen LogP contribution in [0.15, 0.2) is 24.4 Å². The number of nitrogens with one attached hydrogen (secondary N) is 3. The minimum absolute atomic E-state index is 0.0317. The molecule has 0 aromatic carbocycles. The molecule has 0 saturated carbocycles. The second kappa shape index (κ2) is 7.06. The summed E-state index contributed by atoms with van der Waals surface area (Å²) in [7, 11) is 1.98. The summed E-state index contributed by atoms with van der Waals surface area (Å²) in [6, 6.07) is 1.84. The van der Waals surface area contributed by atoms with Crippen molar-refractivity contribution in [2.45, 2.75) is 31.8 Å². The summed E-state index contributed by atoms with van der Waals surface area (Å²) in [4.78, 5) is 32.5. The van der Waals surface area contributed by atoms with Crippen molar-refractivity contribution in [3.8, 4) is 0 Å². The van der Waals surface area contributed by atoms with Gasteiger partial charge in [-0.25, -0.2) is 4.98 Å². The zero-order chi connectivity index (χ0) is 21.8. The third kappa shape index (κ3) is 3.48. The monoisotopic (exact) mass is 430 g/mol. The summed E-state index contributed by atoms with van der Waals surface area (Å²) in [6.45, 7) is 7.15. The topological polar surface area (TPSA) is 101 Å². The Morgan fingerprint density at radius 1 is 1.47 bits per heavy atom. The predicted molar refractivity (Wildman–Crippen MR) is 115 cm³/mol. The molecule has 9 heteroatoms. The van der Waals surface area contributed by atoms with E-state index in [0.717, 1.165) is 23.5 Å². The van der Waals surface area contributed by atoms with Crippen LogP contribution in [0.2, 0.25) is 0 Å². The highest BCUT2D eigenvalue weighted by Gasteiger charge is 2.59. The van der Waals surface area contributed by atoms with Crippen LogP contribution < -0.4 is 10.6 Å².